The van der Waals surface area contributed by atoms with Gasteiger partial charge >= 0.3 is 6.03 Å². The molecule has 0 radical (unpaired) electrons. The number of para-hydroxylation sites is 1. The highest BCUT2D eigenvalue weighted by Gasteiger charge is 2.41. The smallest absolute Gasteiger partial charge is 0.325 e. The molecular formula is C23H25N4O2S+. The summed E-state index contributed by atoms with van der Waals surface area (Å²) in [5, 5.41) is 4.04. The van der Waals surface area contributed by atoms with Crippen LogP contribution in [0.25, 0.3) is 10.2 Å². The van der Waals surface area contributed by atoms with E-state index in [1.165, 1.54) is 19.5 Å². The van der Waals surface area contributed by atoms with Gasteiger partial charge in [-0.1, -0.05) is 42.5 Å². The van der Waals surface area contributed by atoms with Gasteiger partial charge in [0, 0.05) is 6.42 Å². The third-order valence-corrected chi connectivity index (χ3v) is 7.25. The lowest BCUT2D eigenvalue weighted by atomic mass is 9.99. The summed E-state index contributed by atoms with van der Waals surface area (Å²) in [6.07, 6.45) is 2.72. The highest BCUT2D eigenvalue weighted by atomic mass is 32.1. The molecule has 0 bridgehead atoms. The summed E-state index contributed by atoms with van der Waals surface area (Å²) < 4.78 is 1.22. The molecule has 3 atom stereocenters. The van der Waals surface area contributed by atoms with Gasteiger partial charge in [0.2, 0.25) is 0 Å². The molecule has 2 aliphatic heterocycles. The number of benzene rings is 2. The van der Waals surface area contributed by atoms with E-state index in [0.717, 1.165) is 37.0 Å². The Morgan fingerprint density at radius 1 is 1.10 bits per heavy atom. The summed E-state index contributed by atoms with van der Waals surface area (Å²) in [5.74, 6) is 0.269. The number of urea groups is 1. The minimum Gasteiger partial charge on any atom is -0.325 e. The van der Waals surface area contributed by atoms with E-state index in [1.807, 2.05) is 42.5 Å². The minimum atomic E-state index is -0.468. The predicted molar refractivity (Wildman–Crippen MR) is 116 cm³/mol. The topological polar surface area (TPSA) is 66.7 Å². The van der Waals surface area contributed by atoms with Gasteiger partial charge in [-0.05, 0) is 30.5 Å². The molecule has 3 aromatic rings. The number of nitrogens with one attached hydrogen (secondary N) is 2. The summed E-state index contributed by atoms with van der Waals surface area (Å²) in [6, 6.07) is 17.3. The van der Waals surface area contributed by atoms with Crippen molar-refractivity contribution in [1.82, 2.24) is 15.2 Å². The molecule has 1 aromatic heterocycles. The first kappa shape index (κ1) is 19.2. The first-order valence-corrected chi connectivity index (χ1v) is 11.3. The lowest BCUT2D eigenvalue weighted by Gasteiger charge is -2.30. The van der Waals surface area contributed by atoms with E-state index < -0.39 is 6.04 Å². The zero-order chi connectivity index (χ0) is 20.5. The lowest BCUT2D eigenvalue weighted by Crippen LogP contribution is -3.15. The Kier molecular flexibility index (Phi) is 5.23. The molecule has 2 N–H and O–H groups in total. The van der Waals surface area contributed by atoms with Crippen LogP contribution < -0.4 is 10.2 Å². The third-order valence-electron chi connectivity index (χ3n) is 6.05. The second kappa shape index (κ2) is 8.16. The van der Waals surface area contributed by atoms with Crippen molar-refractivity contribution in [2.24, 2.45) is 0 Å². The van der Waals surface area contributed by atoms with E-state index >= 15 is 0 Å². The molecule has 30 heavy (non-hydrogen) atoms. The van der Waals surface area contributed by atoms with Gasteiger partial charge in [0.05, 0.1) is 29.2 Å². The van der Waals surface area contributed by atoms with Crippen molar-refractivity contribution in [2.45, 2.75) is 31.2 Å². The molecule has 5 rings (SSSR count). The second-order valence-electron chi connectivity index (χ2n) is 8.18. The van der Waals surface area contributed by atoms with Gasteiger partial charge < -0.3 is 10.2 Å². The van der Waals surface area contributed by atoms with Crippen LogP contribution in [0.3, 0.4) is 0 Å². The standard InChI is InChI=1S/C23H24N4O2S/c28-22-19(13-16-7-2-1-3-8-16)25-23(29)27(22)15-26-12-6-9-17(14-26)21-24-18-10-4-5-11-20(18)30-21/h1-5,7-8,10-11,17,19H,6,9,12-15H2,(H,25,29)/p+1/t17-,19-/m0/s1. The highest BCUT2D eigenvalue weighted by molar-refractivity contribution is 7.18. The molecule has 3 amide bonds. The number of rotatable bonds is 5. The third kappa shape index (κ3) is 3.82. The average molecular weight is 422 g/mol. The largest absolute Gasteiger partial charge is 0.329 e. The fraction of sp³-hybridized carbons (Fsp3) is 0.348. The second-order valence-corrected chi connectivity index (χ2v) is 9.24. The highest BCUT2D eigenvalue weighted by Crippen LogP contribution is 2.30. The molecule has 0 saturated carbocycles. The average Bonchev–Trinajstić information content (AvgIpc) is 3.32. The fourth-order valence-electron chi connectivity index (χ4n) is 4.51. The summed E-state index contributed by atoms with van der Waals surface area (Å²) in [5.41, 5.74) is 2.11. The summed E-state index contributed by atoms with van der Waals surface area (Å²) in [4.78, 5) is 32.9. The SMILES string of the molecule is O=C1N[C@@H](Cc2ccccc2)C(=O)N1C[NH+]1CCC[C@H](c2nc3ccccc3s2)C1. The van der Waals surface area contributed by atoms with Crippen LogP contribution in [0.2, 0.25) is 0 Å². The number of amides is 3. The number of carbonyl (C=O) groups excluding carboxylic acids is 2. The lowest BCUT2D eigenvalue weighted by molar-refractivity contribution is -0.913. The molecule has 0 spiro atoms. The number of imide groups is 1. The first-order chi connectivity index (χ1) is 14.7. The van der Waals surface area contributed by atoms with Crippen LogP contribution in [-0.2, 0) is 11.2 Å². The summed E-state index contributed by atoms with van der Waals surface area (Å²) in [6.45, 7) is 2.30. The van der Waals surface area contributed by atoms with Crippen LogP contribution in [0.15, 0.2) is 54.6 Å². The van der Waals surface area contributed by atoms with E-state index in [2.05, 4.69) is 17.4 Å². The predicted octanol–water partition coefficient (Wildman–Crippen LogP) is 2.18. The molecular weight excluding hydrogens is 396 g/mol. The van der Waals surface area contributed by atoms with Crippen molar-refractivity contribution in [3.63, 3.8) is 0 Å². The van der Waals surface area contributed by atoms with Crippen LogP contribution in [0, 0.1) is 0 Å². The van der Waals surface area contributed by atoms with Gasteiger partial charge in [-0.3, -0.25) is 4.79 Å². The van der Waals surface area contributed by atoms with Crippen molar-refractivity contribution in [1.29, 1.82) is 0 Å². The zero-order valence-electron chi connectivity index (χ0n) is 16.7. The van der Waals surface area contributed by atoms with Crippen LogP contribution in [0.1, 0.15) is 29.3 Å². The molecule has 2 aromatic carbocycles. The molecule has 0 aliphatic carbocycles. The monoisotopic (exact) mass is 421 g/mol. The van der Waals surface area contributed by atoms with Gasteiger partial charge in [-0.25, -0.2) is 14.7 Å². The van der Waals surface area contributed by atoms with Crippen molar-refractivity contribution in [3.8, 4) is 0 Å². The Bertz CT molecular complexity index is 1030. The van der Waals surface area contributed by atoms with Gasteiger partial charge in [0.15, 0.2) is 6.67 Å². The van der Waals surface area contributed by atoms with Crippen molar-refractivity contribution < 1.29 is 14.5 Å². The number of fused-ring (bicyclic) bond motifs is 1. The maximum atomic E-state index is 12.9. The van der Waals surface area contributed by atoms with Crippen LogP contribution >= 0.6 is 11.3 Å². The maximum Gasteiger partial charge on any atom is 0.329 e. The van der Waals surface area contributed by atoms with E-state index in [0.29, 0.717) is 19.0 Å². The van der Waals surface area contributed by atoms with E-state index in [9.17, 15) is 9.59 Å². The Hall–Kier alpha value is -2.77. The Morgan fingerprint density at radius 2 is 1.90 bits per heavy atom. The molecule has 2 fully saturated rings. The molecule has 7 heteroatoms. The molecule has 1 unspecified atom stereocenters. The van der Waals surface area contributed by atoms with E-state index in [4.69, 9.17) is 4.98 Å². The molecule has 2 saturated heterocycles. The Morgan fingerprint density at radius 3 is 2.73 bits per heavy atom. The number of nitrogens with zero attached hydrogens (tertiary/aromatic N) is 2. The quantitative estimate of drug-likeness (QED) is 0.621. The number of carbonyl (C=O) groups is 2. The molecule has 3 heterocycles. The maximum absolute atomic E-state index is 12.9. The normalized spacial score (nSPS) is 24.4. The number of quaternary nitrogens is 1. The number of piperidine rings is 1. The summed E-state index contributed by atoms with van der Waals surface area (Å²) >= 11 is 1.77. The number of likely N-dealkylation sites (tertiary alicyclic amines) is 1. The number of hydrogen-bond acceptors (Lipinski definition) is 4. The van der Waals surface area contributed by atoms with Crippen molar-refractivity contribution in [2.75, 3.05) is 19.8 Å². The van der Waals surface area contributed by atoms with Gasteiger partial charge in [0.1, 0.15) is 11.0 Å². The van der Waals surface area contributed by atoms with Gasteiger partial charge in [-0.2, -0.15) is 0 Å². The number of aromatic nitrogens is 1. The van der Waals surface area contributed by atoms with Crippen molar-refractivity contribution >= 4 is 33.5 Å². The number of thiazole rings is 1. The van der Waals surface area contributed by atoms with Gasteiger partial charge in [-0.15, -0.1) is 11.3 Å². The Labute approximate surface area is 179 Å². The minimum absolute atomic E-state index is 0.113. The number of hydrogen-bond donors (Lipinski definition) is 2. The molecule has 154 valence electrons. The molecule has 2 aliphatic rings. The fourth-order valence-corrected chi connectivity index (χ4v) is 5.61. The molecule has 6 nitrogen and oxygen atoms in total. The Balaban J connectivity index is 1.24. The van der Waals surface area contributed by atoms with Crippen molar-refractivity contribution in [3.05, 3.63) is 65.2 Å². The van der Waals surface area contributed by atoms with Gasteiger partial charge in [0.25, 0.3) is 5.91 Å². The first-order valence-electron chi connectivity index (χ1n) is 10.5. The van der Waals surface area contributed by atoms with E-state index in [-0.39, 0.29) is 11.9 Å². The van der Waals surface area contributed by atoms with Crippen LogP contribution in [0.5, 0.6) is 0 Å². The zero-order valence-corrected chi connectivity index (χ0v) is 17.5. The summed E-state index contributed by atoms with van der Waals surface area (Å²) in [7, 11) is 0. The van der Waals surface area contributed by atoms with E-state index in [1.54, 1.807) is 11.3 Å². The van der Waals surface area contributed by atoms with Crippen LogP contribution in [-0.4, -0.2) is 47.6 Å². The van der Waals surface area contributed by atoms with Crippen LogP contribution in [0.4, 0.5) is 4.79 Å².